The van der Waals surface area contributed by atoms with Crippen LogP contribution in [0.2, 0.25) is 0 Å². The number of carbonyl (C=O) groups is 1. The van der Waals surface area contributed by atoms with Gasteiger partial charge in [-0.25, -0.2) is 0 Å². The van der Waals surface area contributed by atoms with Crippen LogP contribution in [-0.2, 0) is 9.53 Å². The Morgan fingerprint density at radius 1 is 1.57 bits per heavy atom. The predicted octanol–water partition coefficient (Wildman–Crippen LogP) is 0.137. The normalized spacial score (nSPS) is 20.4. The molecule has 82 valence electrons. The molecular formula is C10H20N2O2. The van der Waals surface area contributed by atoms with Crippen LogP contribution in [0.4, 0.5) is 0 Å². The molecule has 0 saturated carbocycles. The van der Waals surface area contributed by atoms with E-state index in [0.717, 1.165) is 19.6 Å². The van der Waals surface area contributed by atoms with E-state index >= 15 is 0 Å². The summed E-state index contributed by atoms with van der Waals surface area (Å²) in [5, 5.41) is 6.52. The summed E-state index contributed by atoms with van der Waals surface area (Å²) in [6.07, 6.45) is 2.39. The van der Waals surface area contributed by atoms with E-state index in [4.69, 9.17) is 0 Å². The van der Waals surface area contributed by atoms with Gasteiger partial charge >= 0.3 is 5.97 Å². The van der Waals surface area contributed by atoms with Crippen molar-refractivity contribution < 1.29 is 9.53 Å². The monoisotopic (exact) mass is 200 g/mol. The number of hydrogen-bond donors (Lipinski definition) is 2. The van der Waals surface area contributed by atoms with Crippen LogP contribution in [0.25, 0.3) is 0 Å². The zero-order chi connectivity index (χ0) is 10.4. The highest BCUT2D eigenvalue weighted by Crippen LogP contribution is 2.10. The van der Waals surface area contributed by atoms with Gasteiger partial charge in [-0.15, -0.1) is 0 Å². The highest BCUT2D eigenvalue weighted by atomic mass is 16.5. The third kappa shape index (κ3) is 3.64. The highest BCUT2D eigenvalue weighted by molar-refractivity contribution is 5.75. The van der Waals surface area contributed by atoms with Crippen LogP contribution in [0.5, 0.6) is 0 Å². The van der Waals surface area contributed by atoms with E-state index in [-0.39, 0.29) is 12.0 Å². The van der Waals surface area contributed by atoms with Crippen LogP contribution < -0.4 is 10.6 Å². The van der Waals surface area contributed by atoms with E-state index in [2.05, 4.69) is 15.4 Å². The predicted molar refractivity (Wildman–Crippen MR) is 55.1 cm³/mol. The summed E-state index contributed by atoms with van der Waals surface area (Å²) in [5.41, 5.74) is 0. The van der Waals surface area contributed by atoms with E-state index in [1.807, 2.05) is 6.92 Å². The molecule has 1 saturated heterocycles. The number of methoxy groups -OCH3 is 1. The molecule has 0 aromatic rings. The second-order valence-electron chi connectivity index (χ2n) is 3.85. The fraction of sp³-hybridized carbons (Fsp3) is 0.900. The lowest BCUT2D eigenvalue weighted by Crippen LogP contribution is -2.40. The largest absolute Gasteiger partial charge is 0.468 e. The Morgan fingerprint density at radius 3 is 2.79 bits per heavy atom. The highest BCUT2D eigenvalue weighted by Gasteiger charge is 2.16. The Labute approximate surface area is 85.4 Å². The van der Waals surface area contributed by atoms with Crippen LogP contribution in [0.15, 0.2) is 0 Å². The Balaban J connectivity index is 2.15. The molecule has 1 atom stereocenters. The molecule has 0 aliphatic carbocycles. The van der Waals surface area contributed by atoms with Crippen molar-refractivity contribution in [3.8, 4) is 0 Å². The van der Waals surface area contributed by atoms with Gasteiger partial charge in [0.2, 0.25) is 0 Å². The van der Waals surface area contributed by atoms with E-state index in [0.29, 0.717) is 5.92 Å². The first-order valence-electron chi connectivity index (χ1n) is 5.26. The molecule has 0 amide bonds. The van der Waals surface area contributed by atoms with Crippen molar-refractivity contribution in [3.05, 3.63) is 0 Å². The molecule has 0 bridgehead atoms. The topological polar surface area (TPSA) is 50.4 Å². The minimum atomic E-state index is -0.185. The summed E-state index contributed by atoms with van der Waals surface area (Å²) in [4.78, 5) is 11.1. The molecule has 0 spiro atoms. The molecule has 1 aliphatic rings. The maximum absolute atomic E-state index is 11.1. The molecular weight excluding hydrogens is 180 g/mol. The SMILES string of the molecule is COC(=O)[C@H](C)NCC1CCNCC1. The van der Waals surface area contributed by atoms with Crippen LogP contribution in [0.1, 0.15) is 19.8 Å². The first-order chi connectivity index (χ1) is 6.74. The van der Waals surface area contributed by atoms with Crippen molar-refractivity contribution in [2.24, 2.45) is 5.92 Å². The molecule has 14 heavy (non-hydrogen) atoms. The lowest BCUT2D eigenvalue weighted by Gasteiger charge is -2.24. The average molecular weight is 200 g/mol. The Hall–Kier alpha value is -0.610. The minimum absolute atomic E-state index is 0.182. The van der Waals surface area contributed by atoms with Gasteiger partial charge in [-0.2, -0.15) is 0 Å². The number of rotatable bonds is 4. The van der Waals surface area contributed by atoms with E-state index in [1.165, 1.54) is 20.0 Å². The van der Waals surface area contributed by atoms with Crippen molar-refractivity contribution in [2.45, 2.75) is 25.8 Å². The van der Waals surface area contributed by atoms with E-state index in [9.17, 15) is 4.79 Å². The lowest BCUT2D eigenvalue weighted by molar-refractivity contribution is -0.142. The molecule has 1 rings (SSSR count). The van der Waals surface area contributed by atoms with E-state index in [1.54, 1.807) is 0 Å². The second-order valence-corrected chi connectivity index (χ2v) is 3.85. The number of carbonyl (C=O) groups excluding carboxylic acids is 1. The Kier molecular flexibility index (Phi) is 4.90. The van der Waals surface area contributed by atoms with Crippen LogP contribution in [0.3, 0.4) is 0 Å². The van der Waals surface area contributed by atoms with Gasteiger partial charge in [-0.1, -0.05) is 0 Å². The number of hydrogen-bond acceptors (Lipinski definition) is 4. The standard InChI is InChI=1S/C10H20N2O2/c1-8(10(13)14-2)12-7-9-3-5-11-6-4-9/h8-9,11-12H,3-7H2,1-2H3/t8-/m0/s1. The van der Waals surface area contributed by atoms with Crippen LogP contribution in [0, 0.1) is 5.92 Å². The summed E-state index contributed by atoms with van der Waals surface area (Å²) in [7, 11) is 1.42. The minimum Gasteiger partial charge on any atom is -0.468 e. The van der Waals surface area contributed by atoms with Gasteiger partial charge in [0.1, 0.15) is 6.04 Å². The van der Waals surface area contributed by atoms with Crippen molar-refractivity contribution >= 4 is 5.97 Å². The Morgan fingerprint density at radius 2 is 2.21 bits per heavy atom. The quantitative estimate of drug-likeness (QED) is 0.634. The average Bonchev–Trinajstić information content (AvgIpc) is 2.26. The maximum Gasteiger partial charge on any atom is 0.322 e. The zero-order valence-corrected chi connectivity index (χ0v) is 9.01. The number of piperidine rings is 1. The van der Waals surface area contributed by atoms with Gasteiger partial charge in [-0.05, 0) is 45.3 Å². The summed E-state index contributed by atoms with van der Waals surface area (Å²) in [6.45, 7) is 4.95. The smallest absolute Gasteiger partial charge is 0.322 e. The summed E-state index contributed by atoms with van der Waals surface area (Å²) in [6, 6.07) is -0.185. The van der Waals surface area contributed by atoms with Gasteiger partial charge in [0, 0.05) is 0 Å². The van der Waals surface area contributed by atoms with Crippen molar-refractivity contribution in [3.63, 3.8) is 0 Å². The summed E-state index contributed by atoms with van der Waals surface area (Å²) >= 11 is 0. The fourth-order valence-electron chi connectivity index (χ4n) is 1.69. The van der Waals surface area contributed by atoms with Gasteiger partial charge in [0.15, 0.2) is 0 Å². The number of ether oxygens (including phenoxy) is 1. The van der Waals surface area contributed by atoms with Gasteiger partial charge in [0.25, 0.3) is 0 Å². The lowest BCUT2D eigenvalue weighted by atomic mass is 9.98. The van der Waals surface area contributed by atoms with Gasteiger partial charge in [0.05, 0.1) is 7.11 Å². The number of esters is 1. The first kappa shape index (κ1) is 11.5. The molecule has 1 aliphatic heterocycles. The molecule has 0 unspecified atom stereocenters. The van der Waals surface area contributed by atoms with Crippen molar-refractivity contribution in [1.82, 2.24) is 10.6 Å². The third-order valence-electron chi connectivity index (χ3n) is 2.73. The molecule has 1 fully saturated rings. The zero-order valence-electron chi connectivity index (χ0n) is 9.01. The Bertz CT molecular complexity index is 179. The van der Waals surface area contributed by atoms with Crippen LogP contribution in [-0.4, -0.2) is 38.8 Å². The number of nitrogens with one attached hydrogen (secondary N) is 2. The summed E-state index contributed by atoms with van der Waals surface area (Å²) in [5.74, 6) is 0.516. The molecule has 0 aromatic carbocycles. The maximum atomic E-state index is 11.1. The van der Waals surface area contributed by atoms with Crippen LogP contribution >= 0.6 is 0 Å². The molecule has 1 heterocycles. The van der Waals surface area contributed by atoms with Crippen molar-refractivity contribution in [1.29, 1.82) is 0 Å². The molecule has 0 radical (unpaired) electrons. The molecule has 4 nitrogen and oxygen atoms in total. The summed E-state index contributed by atoms with van der Waals surface area (Å²) < 4.78 is 4.64. The van der Waals surface area contributed by atoms with Crippen molar-refractivity contribution in [2.75, 3.05) is 26.7 Å². The van der Waals surface area contributed by atoms with Gasteiger partial charge < -0.3 is 15.4 Å². The second kappa shape index (κ2) is 5.98. The fourth-order valence-corrected chi connectivity index (χ4v) is 1.69. The third-order valence-corrected chi connectivity index (χ3v) is 2.73. The molecule has 4 heteroatoms. The molecule has 0 aromatic heterocycles. The first-order valence-corrected chi connectivity index (χ1v) is 5.26. The molecule has 2 N–H and O–H groups in total. The van der Waals surface area contributed by atoms with Gasteiger partial charge in [-0.3, -0.25) is 4.79 Å². The van der Waals surface area contributed by atoms with E-state index < -0.39 is 0 Å².